The number of aromatic nitrogens is 2. The zero-order chi connectivity index (χ0) is 16.4. The lowest BCUT2D eigenvalue weighted by atomic mass is 10.1. The number of nitrogens with zero attached hydrogens (tertiary/aromatic N) is 3. The summed E-state index contributed by atoms with van der Waals surface area (Å²) in [5.74, 6) is 0.929. The van der Waals surface area contributed by atoms with Crippen molar-refractivity contribution in [2.75, 3.05) is 13.1 Å². The number of hydrogen-bond donors (Lipinski definition) is 0. The number of likely N-dealkylation sites (tertiary alicyclic amines) is 1. The molecule has 3 rings (SSSR count). The van der Waals surface area contributed by atoms with Crippen LogP contribution >= 0.6 is 0 Å². The van der Waals surface area contributed by atoms with Gasteiger partial charge in [0, 0.05) is 50.6 Å². The van der Waals surface area contributed by atoms with Crippen molar-refractivity contribution in [1.82, 2.24) is 14.5 Å². The number of ether oxygens (including phenoxy) is 1. The van der Waals surface area contributed by atoms with Crippen molar-refractivity contribution in [3.63, 3.8) is 0 Å². The molecule has 0 aliphatic carbocycles. The molecule has 2 aromatic rings. The molecule has 1 amide bonds. The van der Waals surface area contributed by atoms with Crippen molar-refractivity contribution in [1.29, 1.82) is 0 Å². The number of amides is 1. The Labute approximate surface area is 136 Å². The minimum absolute atomic E-state index is 0.131. The molecule has 122 valence electrons. The maximum atomic E-state index is 12.7. The van der Waals surface area contributed by atoms with E-state index in [-0.39, 0.29) is 12.0 Å². The van der Waals surface area contributed by atoms with E-state index in [2.05, 4.69) is 9.55 Å². The monoisotopic (exact) mass is 313 g/mol. The summed E-state index contributed by atoms with van der Waals surface area (Å²) in [6, 6.07) is 5.77. The second-order valence-corrected chi connectivity index (χ2v) is 6.14. The summed E-state index contributed by atoms with van der Waals surface area (Å²) in [5.41, 5.74) is 2.96. The minimum Gasteiger partial charge on any atom is -0.489 e. The number of pyridine rings is 1. The predicted molar refractivity (Wildman–Crippen MR) is 88.7 cm³/mol. The van der Waals surface area contributed by atoms with Crippen LogP contribution in [0.2, 0.25) is 0 Å². The van der Waals surface area contributed by atoms with E-state index in [1.807, 2.05) is 44.0 Å². The highest BCUT2D eigenvalue weighted by molar-refractivity contribution is 5.95. The van der Waals surface area contributed by atoms with E-state index < -0.39 is 0 Å². The van der Waals surface area contributed by atoms with Crippen molar-refractivity contribution < 1.29 is 9.53 Å². The summed E-state index contributed by atoms with van der Waals surface area (Å²) >= 11 is 0. The van der Waals surface area contributed by atoms with Crippen LogP contribution in [0.15, 0.2) is 30.6 Å². The first-order chi connectivity index (χ1) is 11.1. The average Bonchev–Trinajstić information content (AvgIpc) is 2.83. The molecule has 0 unspecified atom stereocenters. The molecule has 0 bridgehead atoms. The highest BCUT2D eigenvalue weighted by Crippen LogP contribution is 2.21. The molecule has 1 aliphatic rings. The van der Waals surface area contributed by atoms with Crippen LogP contribution in [-0.2, 0) is 7.05 Å². The number of carbonyl (C=O) groups is 1. The molecular weight excluding hydrogens is 290 g/mol. The van der Waals surface area contributed by atoms with E-state index in [1.165, 1.54) is 0 Å². The molecule has 1 fully saturated rings. The number of hydrogen-bond acceptors (Lipinski definition) is 3. The summed E-state index contributed by atoms with van der Waals surface area (Å²) < 4.78 is 7.99. The van der Waals surface area contributed by atoms with Gasteiger partial charge in [-0.1, -0.05) is 0 Å². The third-order valence-corrected chi connectivity index (χ3v) is 4.67. The van der Waals surface area contributed by atoms with Crippen LogP contribution in [0.25, 0.3) is 0 Å². The fraction of sp³-hybridized carbons (Fsp3) is 0.444. The Kier molecular flexibility index (Phi) is 4.37. The third kappa shape index (κ3) is 3.23. The van der Waals surface area contributed by atoms with Crippen LogP contribution in [-0.4, -0.2) is 39.6 Å². The van der Waals surface area contributed by atoms with Crippen LogP contribution in [0, 0.1) is 13.8 Å². The van der Waals surface area contributed by atoms with Gasteiger partial charge in [0.05, 0.1) is 11.8 Å². The standard InChI is InChI=1S/C18H23N3O2/c1-13-11-17(14(2)20(13)3)18(22)21-9-6-15(7-10-21)23-16-5-4-8-19-12-16/h4-5,8,11-12,15H,6-7,9-10H2,1-3H3. The van der Waals surface area contributed by atoms with E-state index in [1.54, 1.807) is 12.4 Å². The molecule has 1 saturated heterocycles. The summed E-state index contributed by atoms with van der Waals surface area (Å²) in [4.78, 5) is 18.7. The molecule has 0 spiro atoms. The Balaban J connectivity index is 1.60. The Morgan fingerprint density at radius 3 is 2.61 bits per heavy atom. The summed E-state index contributed by atoms with van der Waals surface area (Å²) in [6.45, 7) is 5.49. The SMILES string of the molecule is Cc1cc(C(=O)N2CCC(Oc3cccnc3)CC2)c(C)n1C. The fourth-order valence-electron chi connectivity index (χ4n) is 3.03. The maximum absolute atomic E-state index is 12.7. The number of aryl methyl sites for hydroxylation is 1. The van der Waals surface area contributed by atoms with Crippen LogP contribution in [0.4, 0.5) is 0 Å². The molecule has 0 radical (unpaired) electrons. The van der Waals surface area contributed by atoms with Gasteiger partial charge in [-0.15, -0.1) is 0 Å². The molecule has 23 heavy (non-hydrogen) atoms. The second-order valence-electron chi connectivity index (χ2n) is 6.14. The maximum Gasteiger partial charge on any atom is 0.255 e. The Morgan fingerprint density at radius 2 is 2.04 bits per heavy atom. The van der Waals surface area contributed by atoms with Gasteiger partial charge in [-0.2, -0.15) is 0 Å². The van der Waals surface area contributed by atoms with E-state index in [9.17, 15) is 4.79 Å². The van der Waals surface area contributed by atoms with Gasteiger partial charge in [-0.3, -0.25) is 9.78 Å². The number of rotatable bonds is 3. The van der Waals surface area contributed by atoms with E-state index >= 15 is 0 Å². The second kappa shape index (κ2) is 6.44. The minimum atomic E-state index is 0.131. The van der Waals surface area contributed by atoms with Crippen molar-refractivity contribution in [2.24, 2.45) is 7.05 Å². The molecule has 0 saturated carbocycles. The molecular formula is C18H23N3O2. The zero-order valence-electron chi connectivity index (χ0n) is 14.0. The van der Waals surface area contributed by atoms with Gasteiger partial charge >= 0.3 is 0 Å². The molecule has 0 N–H and O–H groups in total. The van der Waals surface area contributed by atoms with Gasteiger partial charge in [-0.05, 0) is 32.0 Å². The van der Waals surface area contributed by atoms with Gasteiger partial charge < -0.3 is 14.2 Å². The molecule has 2 aromatic heterocycles. The normalized spacial score (nSPS) is 15.7. The van der Waals surface area contributed by atoms with Gasteiger partial charge in [0.15, 0.2) is 0 Å². The molecule has 5 nitrogen and oxygen atoms in total. The van der Waals surface area contributed by atoms with Crippen LogP contribution in [0.5, 0.6) is 5.75 Å². The fourth-order valence-corrected chi connectivity index (χ4v) is 3.03. The van der Waals surface area contributed by atoms with Crippen molar-refractivity contribution in [3.8, 4) is 5.75 Å². The molecule has 0 atom stereocenters. The van der Waals surface area contributed by atoms with Crippen LogP contribution < -0.4 is 4.74 Å². The number of carbonyl (C=O) groups excluding carboxylic acids is 1. The third-order valence-electron chi connectivity index (χ3n) is 4.67. The molecule has 1 aliphatic heterocycles. The molecule has 0 aromatic carbocycles. The van der Waals surface area contributed by atoms with E-state index in [4.69, 9.17) is 4.74 Å². The van der Waals surface area contributed by atoms with Crippen molar-refractivity contribution in [2.45, 2.75) is 32.8 Å². The summed E-state index contributed by atoms with van der Waals surface area (Å²) in [7, 11) is 2.00. The van der Waals surface area contributed by atoms with Gasteiger partial charge in [-0.25, -0.2) is 0 Å². The summed E-state index contributed by atoms with van der Waals surface area (Å²) in [6.07, 6.45) is 5.32. The van der Waals surface area contributed by atoms with Gasteiger partial charge in [0.1, 0.15) is 11.9 Å². The lowest BCUT2D eigenvalue weighted by molar-refractivity contribution is 0.0594. The first-order valence-corrected chi connectivity index (χ1v) is 8.05. The van der Waals surface area contributed by atoms with Crippen molar-refractivity contribution in [3.05, 3.63) is 47.5 Å². The quantitative estimate of drug-likeness (QED) is 0.875. The van der Waals surface area contributed by atoms with Gasteiger partial charge in [0.25, 0.3) is 5.91 Å². The number of piperidine rings is 1. The largest absolute Gasteiger partial charge is 0.489 e. The molecule has 5 heteroatoms. The van der Waals surface area contributed by atoms with Crippen molar-refractivity contribution >= 4 is 5.91 Å². The predicted octanol–water partition coefficient (Wildman–Crippen LogP) is 2.72. The lowest BCUT2D eigenvalue weighted by Crippen LogP contribution is -2.41. The van der Waals surface area contributed by atoms with E-state index in [0.29, 0.717) is 0 Å². The summed E-state index contributed by atoms with van der Waals surface area (Å²) in [5, 5.41) is 0. The van der Waals surface area contributed by atoms with E-state index in [0.717, 1.165) is 48.6 Å². The smallest absolute Gasteiger partial charge is 0.255 e. The first-order valence-electron chi connectivity index (χ1n) is 8.05. The zero-order valence-corrected chi connectivity index (χ0v) is 14.0. The van der Waals surface area contributed by atoms with Crippen LogP contribution in [0.3, 0.4) is 0 Å². The van der Waals surface area contributed by atoms with Crippen LogP contribution in [0.1, 0.15) is 34.6 Å². The molecule has 3 heterocycles. The average molecular weight is 313 g/mol. The Hall–Kier alpha value is -2.30. The highest BCUT2D eigenvalue weighted by atomic mass is 16.5. The van der Waals surface area contributed by atoms with Gasteiger partial charge in [0.2, 0.25) is 0 Å². The first kappa shape index (κ1) is 15.6. The highest BCUT2D eigenvalue weighted by Gasteiger charge is 2.26. The Morgan fingerprint density at radius 1 is 1.30 bits per heavy atom. The lowest BCUT2D eigenvalue weighted by Gasteiger charge is -2.32. The Bertz CT molecular complexity index is 686. The topological polar surface area (TPSA) is 47.4 Å².